The molecule has 28 heavy (non-hydrogen) atoms. The van der Waals surface area contributed by atoms with E-state index in [1.165, 1.54) is 13.0 Å². The standard InChI is InChI=1S/C21H19F4N3/c1-4-5-6-26-13(3)17-10-19-15(11-27-17)9-18(28-19)14-7-12(2)20(22)16(8-14)21(23,24)25/h4,7-8,10-11,26H,1,3,5-6,9H2,2H3. The van der Waals surface area contributed by atoms with Gasteiger partial charge in [0, 0.05) is 24.7 Å². The average molecular weight is 389 g/mol. The lowest BCUT2D eigenvalue weighted by Gasteiger charge is -2.12. The summed E-state index contributed by atoms with van der Waals surface area (Å²) in [5.74, 6) is -1.25. The van der Waals surface area contributed by atoms with Crippen LogP contribution in [0, 0.1) is 12.7 Å². The van der Waals surface area contributed by atoms with E-state index in [0.29, 0.717) is 35.8 Å². The first kappa shape index (κ1) is 19.8. The number of halogens is 4. The predicted molar refractivity (Wildman–Crippen MR) is 102 cm³/mol. The highest BCUT2D eigenvalue weighted by atomic mass is 19.4. The van der Waals surface area contributed by atoms with Crippen LogP contribution in [0.1, 0.15) is 34.4 Å². The largest absolute Gasteiger partial charge is 0.419 e. The summed E-state index contributed by atoms with van der Waals surface area (Å²) < 4.78 is 53.2. The molecule has 1 N–H and O–H groups in total. The Morgan fingerprint density at radius 3 is 2.71 bits per heavy atom. The zero-order chi connectivity index (χ0) is 20.5. The van der Waals surface area contributed by atoms with Gasteiger partial charge in [-0.3, -0.25) is 9.98 Å². The maximum atomic E-state index is 13.9. The Balaban J connectivity index is 1.90. The summed E-state index contributed by atoms with van der Waals surface area (Å²) in [5, 5.41) is 3.13. The SMILES string of the molecule is C=CCCNC(=C)c1cc2c(cn1)CC(c1cc(C)c(F)c(C(F)(F)F)c1)=N2. The van der Waals surface area contributed by atoms with Crippen LogP contribution in [0.5, 0.6) is 0 Å². The van der Waals surface area contributed by atoms with E-state index in [4.69, 9.17) is 0 Å². The molecule has 1 aromatic heterocycles. The highest BCUT2D eigenvalue weighted by Crippen LogP contribution is 2.35. The molecule has 0 atom stereocenters. The van der Waals surface area contributed by atoms with Crippen LogP contribution in [0.15, 0.2) is 48.6 Å². The van der Waals surface area contributed by atoms with Crippen molar-refractivity contribution in [2.75, 3.05) is 6.54 Å². The Morgan fingerprint density at radius 2 is 2.04 bits per heavy atom. The van der Waals surface area contributed by atoms with Crippen molar-refractivity contribution in [1.29, 1.82) is 0 Å². The fraction of sp³-hybridized carbons (Fsp3) is 0.238. The van der Waals surface area contributed by atoms with Crippen molar-refractivity contribution in [3.05, 3.63) is 77.4 Å². The van der Waals surface area contributed by atoms with Crippen molar-refractivity contribution in [3.63, 3.8) is 0 Å². The average Bonchev–Trinajstić information content (AvgIpc) is 3.06. The fourth-order valence-corrected chi connectivity index (χ4v) is 2.97. The van der Waals surface area contributed by atoms with Gasteiger partial charge >= 0.3 is 6.18 Å². The van der Waals surface area contributed by atoms with Crippen molar-refractivity contribution < 1.29 is 17.6 Å². The molecule has 0 spiro atoms. The zero-order valence-corrected chi connectivity index (χ0v) is 15.3. The number of hydrogen-bond acceptors (Lipinski definition) is 3. The molecule has 0 radical (unpaired) electrons. The molecule has 0 aliphatic carbocycles. The van der Waals surface area contributed by atoms with E-state index in [1.54, 1.807) is 18.3 Å². The quantitative estimate of drug-likeness (QED) is 0.410. The van der Waals surface area contributed by atoms with Crippen molar-refractivity contribution in [1.82, 2.24) is 10.3 Å². The first-order valence-electron chi connectivity index (χ1n) is 8.69. The molecule has 3 nitrogen and oxygen atoms in total. The van der Waals surface area contributed by atoms with Gasteiger partial charge in [0.15, 0.2) is 0 Å². The van der Waals surface area contributed by atoms with Crippen LogP contribution in [-0.4, -0.2) is 17.2 Å². The van der Waals surface area contributed by atoms with E-state index in [9.17, 15) is 17.6 Å². The van der Waals surface area contributed by atoms with E-state index < -0.39 is 17.6 Å². The maximum absolute atomic E-state index is 13.9. The summed E-state index contributed by atoms with van der Waals surface area (Å²) in [6.07, 6.45) is -0.227. The van der Waals surface area contributed by atoms with Crippen LogP contribution in [-0.2, 0) is 12.6 Å². The van der Waals surface area contributed by atoms with Gasteiger partial charge < -0.3 is 5.32 Å². The molecular weight excluding hydrogens is 370 g/mol. The highest BCUT2D eigenvalue weighted by molar-refractivity contribution is 6.06. The molecule has 3 rings (SSSR count). The third kappa shape index (κ3) is 3.98. The van der Waals surface area contributed by atoms with Crippen LogP contribution in [0.2, 0.25) is 0 Å². The second-order valence-corrected chi connectivity index (χ2v) is 6.57. The minimum absolute atomic E-state index is 0.0675. The lowest BCUT2D eigenvalue weighted by atomic mass is 9.99. The predicted octanol–water partition coefficient (Wildman–Crippen LogP) is 5.36. The van der Waals surface area contributed by atoms with Crippen LogP contribution < -0.4 is 5.32 Å². The summed E-state index contributed by atoms with van der Waals surface area (Å²) in [5.41, 5.74) is 2.03. The van der Waals surface area contributed by atoms with Gasteiger partial charge in [0.2, 0.25) is 0 Å². The Kier molecular flexibility index (Phi) is 5.36. The van der Waals surface area contributed by atoms with E-state index >= 15 is 0 Å². The van der Waals surface area contributed by atoms with Gasteiger partial charge in [-0.1, -0.05) is 12.7 Å². The van der Waals surface area contributed by atoms with Gasteiger partial charge in [0.1, 0.15) is 5.82 Å². The molecule has 1 aliphatic heterocycles. The first-order valence-corrected chi connectivity index (χ1v) is 8.69. The Hall–Kier alpha value is -2.96. The van der Waals surface area contributed by atoms with Crippen LogP contribution in [0.3, 0.4) is 0 Å². The molecule has 0 saturated heterocycles. The number of fused-ring (bicyclic) bond motifs is 1. The van der Waals surface area contributed by atoms with Gasteiger partial charge in [0.05, 0.1) is 28.4 Å². The molecule has 1 aliphatic rings. The number of aliphatic imine (C=N–C) groups is 1. The van der Waals surface area contributed by atoms with Gasteiger partial charge in [-0.15, -0.1) is 6.58 Å². The molecule has 0 unspecified atom stereocenters. The van der Waals surface area contributed by atoms with Crippen LogP contribution in [0.25, 0.3) is 5.70 Å². The number of pyridine rings is 1. The van der Waals surface area contributed by atoms with Gasteiger partial charge in [-0.05, 0) is 42.7 Å². The molecule has 0 fully saturated rings. The van der Waals surface area contributed by atoms with Crippen molar-refractivity contribution in [2.24, 2.45) is 4.99 Å². The third-order valence-corrected chi connectivity index (χ3v) is 4.46. The molecular formula is C21H19F4N3. The number of benzene rings is 1. The van der Waals surface area contributed by atoms with Crippen LogP contribution >= 0.6 is 0 Å². The monoisotopic (exact) mass is 389 g/mol. The first-order chi connectivity index (χ1) is 13.2. The lowest BCUT2D eigenvalue weighted by Crippen LogP contribution is -2.13. The van der Waals surface area contributed by atoms with Crippen molar-refractivity contribution in [2.45, 2.75) is 25.9 Å². The van der Waals surface area contributed by atoms with E-state index in [2.05, 4.69) is 28.5 Å². The number of hydrogen-bond donors (Lipinski definition) is 1. The summed E-state index contributed by atoms with van der Waals surface area (Å²) >= 11 is 0. The molecule has 2 heterocycles. The Labute approximate surface area is 160 Å². The smallest absolute Gasteiger partial charge is 0.383 e. The maximum Gasteiger partial charge on any atom is 0.419 e. The van der Waals surface area contributed by atoms with Crippen molar-refractivity contribution in [3.8, 4) is 0 Å². The van der Waals surface area contributed by atoms with Gasteiger partial charge in [-0.2, -0.15) is 13.2 Å². The Bertz CT molecular complexity index is 974. The number of alkyl halides is 3. The minimum atomic E-state index is -4.76. The molecule has 2 aromatic rings. The summed E-state index contributed by atoms with van der Waals surface area (Å²) in [6.45, 7) is 9.57. The molecule has 146 valence electrons. The second kappa shape index (κ2) is 7.58. The third-order valence-electron chi connectivity index (χ3n) is 4.46. The van der Waals surface area contributed by atoms with Crippen LogP contribution in [0.4, 0.5) is 23.2 Å². The number of nitrogens with zero attached hydrogens (tertiary/aromatic N) is 2. The highest BCUT2D eigenvalue weighted by Gasteiger charge is 2.35. The molecule has 0 bridgehead atoms. The minimum Gasteiger partial charge on any atom is -0.383 e. The van der Waals surface area contributed by atoms with Crippen molar-refractivity contribution >= 4 is 17.1 Å². The summed E-state index contributed by atoms with van der Waals surface area (Å²) in [4.78, 5) is 8.80. The zero-order valence-electron chi connectivity index (χ0n) is 15.3. The topological polar surface area (TPSA) is 37.3 Å². The molecule has 1 aromatic carbocycles. The number of nitrogens with one attached hydrogen (secondary N) is 1. The number of rotatable bonds is 6. The molecule has 0 amide bonds. The molecule has 7 heteroatoms. The lowest BCUT2D eigenvalue weighted by molar-refractivity contribution is -0.140. The molecule has 0 saturated carbocycles. The number of aromatic nitrogens is 1. The van der Waals surface area contributed by atoms with Gasteiger partial charge in [0.25, 0.3) is 0 Å². The Morgan fingerprint density at radius 1 is 1.29 bits per heavy atom. The normalized spacial score (nSPS) is 13.1. The second-order valence-electron chi connectivity index (χ2n) is 6.57. The fourth-order valence-electron chi connectivity index (χ4n) is 2.97. The summed E-state index contributed by atoms with van der Waals surface area (Å²) in [7, 11) is 0. The summed E-state index contributed by atoms with van der Waals surface area (Å²) in [6, 6.07) is 3.95. The number of aryl methyl sites for hydroxylation is 1. The van der Waals surface area contributed by atoms with Gasteiger partial charge in [-0.25, -0.2) is 4.39 Å². The van der Waals surface area contributed by atoms with E-state index in [1.807, 2.05) is 0 Å². The van der Waals surface area contributed by atoms with E-state index in [0.717, 1.165) is 18.1 Å². The van der Waals surface area contributed by atoms with E-state index in [-0.39, 0.29) is 11.1 Å².